The lowest BCUT2D eigenvalue weighted by Gasteiger charge is -2.23. The first-order valence-corrected chi connectivity index (χ1v) is 10.4. The molecule has 2 heterocycles. The number of fused-ring (bicyclic) bond motifs is 2. The summed E-state index contributed by atoms with van der Waals surface area (Å²) in [6.07, 6.45) is 4.06. The number of halogens is 2. The minimum atomic E-state index is -1.81. The van der Waals surface area contributed by atoms with Crippen molar-refractivity contribution in [1.82, 2.24) is 10.2 Å². The molecule has 5 rings (SSSR count). The lowest BCUT2D eigenvalue weighted by molar-refractivity contribution is -0.138. The van der Waals surface area contributed by atoms with Crippen LogP contribution in [0.5, 0.6) is 0 Å². The molecule has 4 amide bonds. The molecule has 2 aromatic rings. The normalized spacial score (nSPS) is 23.2. The molecule has 0 bridgehead atoms. The average Bonchev–Trinajstić information content (AvgIpc) is 3.42. The molecule has 1 atom stereocenters. The topological polar surface area (TPSA) is 69.7 Å². The lowest BCUT2D eigenvalue weighted by Crippen LogP contribution is -2.52. The van der Waals surface area contributed by atoms with Crippen molar-refractivity contribution in [3.8, 4) is 0 Å². The molecule has 6 nitrogen and oxygen atoms in total. The molecule has 0 radical (unpaired) electrons. The van der Waals surface area contributed by atoms with Crippen LogP contribution in [-0.4, -0.2) is 29.3 Å². The maximum atomic E-state index is 13.7. The van der Waals surface area contributed by atoms with Crippen LogP contribution in [0, 0.1) is 17.6 Å². The summed E-state index contributed by atoms with van der Waals surface area (Å²) in [5.74, 6) is -2.91. The molecule has 1 unspecified atom stereocenters. The summed E-state index contributed by atoms with van der Waals surface area (Å²) in [5, 5.41) is 2.66. The van der Waals surface area contributed by atoms with Gasteiger partial charge in [0.05, 0.1) is 12.2 Å². The minimum absolute atomic E-state index is 0.0550. The molecule has 1 saturated carbocycles. The van der Waals surface area contributed by atoms with Gasteiger partial charge in [0.2, 0.25) is 5.54 Å². The van der Waals surface area contributed by atoms with E-state index in [0.717, 1.165) is 42.7 Å². The second-order valence-corrected chi connectivity index (χ2v) is 8.40. The van der Waals surface area contributed by atoms with E-state index in [1.54, 1.807) is 24.3 Å². The number of carbonyl (C=O) groups is 3. The number of rotatable bonds is 4. The Hall–Kier alpha value is -3.29. The van der Waals surface area contributed by atoms with Gasteiger partial charge >= 0.3 is 6.03 Å². The Labute approximate surface area is 177 Å². The van der Waals surface area contributed by atoms with E-state index in [1.807, 2.05) is 0 Å². The summed E-state index contributed by atoms with van der Waals surface area (Å²) in [6, 6.07) is 9.60. The van der Waals surface area contributed by atoms with Crippen LogP contribution in [-0.2, 0) is 21.7 Å². The Kier molecular flexibility index (Phi) is 4.53. The Bertz CT molecular complexity index is 1100. The monoisotopic (exact) mass is 425 g/mol. The van der Waals surface area contributed by atoms with Crippen LogP contribution in [0.15, 0.2) is 42.5 Å². The van der Waals surface area contributed by atoms with Crippen LogP contribution in [0.3, 0.4) is 0 Å². The second kappa shape index (κ2) is 7.14. The maximum Gasteiger partial charge on any atom is 0.325 e. The summed E-state index contributed by atoms with van der Waals surface area (Å²) in [5.41, 5.74) is -0.577. The van der Waals surface area contributed by atoms with Gasteiger partial charge in [-0.15, -0.1) is 0 Å². The minimum Gasteiger partial charge on any atom is -0.311 e. The summed E-state index contributed by atoms with van der Waals surface area (Å²) in [7, 11) is 0. The van der Waals surface area contributed by atoms with Gasteiger partial charge in [-0.1, -0.05) is 37.1 Å². The summed E-state index contributed by atoms with van der Waals surface area (Å²) >= 11 is 0. The molecular formula is C23H21F2N3O3. The average molecular weight is 425 g/mol. The smallest absolute Gasteiger partial charge is 0.311 e. The predicted octanol–water partition coefficient (Wildman–Crippen LogP) is 3.45. The fourth-order valence-electron chi connectivity index (χ4n) is 4.95. The lowest BCUT2D eigenvalue weighted by atomic mass is 9.91. The van der Waals surface area contributed by atoms with Gasteiger partial charge in [-0.25, -0.2) is 13.6 Å². The molecule has 8 heteroatoms. The van der Waals surface area contributed by atoms with Crippen molar-refractivity contribution in [3.05, 3.63) is 65.2 Å². The third-order valence-electron chi connectivity index (χ3n) is 6.51. The molecule has 31 heavy (non-hydrogen) atoms. The number of carbonyl (C=O) groups excluding carboxylic acids is 3. The molecule has 1 aliphatic carbocycles. The summed E-state index contributed by atoms with van der Waals surface area (Å²) < 4.78 is 27.0. The number of benzene rings is 2. The van der Waals surface area contributed by atoms with Gasteiger partial charge in [0.1, 0.15) is 0 Å². The second-order valence-electron chi connectivity index (χ2n) is 8.40. The van der Waals surface area contributed by atoms with E-state index < -0.39 is 35.0 Å². The molecule has 1 spiro atoms. The first kappa shape index (κ1) is 19.7. The zero-order chi connectivity index (χ0) is 21.8. The van der Waals surface area contributed by atoms with Crippen LogP contribution in [0.1, 0.15) is 36.8 Å². The van der Waals surface area contributed by atoms with Gasteiger partial charge in [-0.2, -0.15) is 0 Å². The van der Waals surface area contributed by atoms with Crippen molar-refractivity contribution in [2.24, 2.45) is 5.92 Å². The van der Waals surface area contributed by atoms with Crippen LogP contribution in [0.2, 0.25) is 0 Å². The number of hydrogen-bond donors (Lipinski definition) is 1. The Morgan fingerprint density at radius 3 is 2.39 bits per heavy atom. The van der Waals surface area contributed by atoms with Crippen molar-refractivity contribution < 1.29 is 23.2 Å². The highest BCUT2D eigenvalue weighted by molar-refractivity contribution is 6.27. The van der Waals surface area contributed by atoms with Crippen molar-refractivity contribution in [1.29, 1.82) is 0 Å². The van der Waals surface area contributed by atoms with Gasteiger partial charge < -0.3 is 10.2 Å². The van der Waals surface area contributed by atoms with E-state index in [0.29, 0.717) is 23.4 Å². The van der Waals surface area contributed by atoms with E-state index in [9.17, 15) is 23.2 Å². The molecule has 2 fully saturated rings. The van der Waals surface area contributed by atoms with Gasteiger partial charge in [-0.3, -0.25) is 14.5 Å². The third kappa shape index (κ3) is 2.92. The number of para-hydroxylation sites is 1. The van der Waals surface area contributed by atoms with E-state index in [2.05, 4.69) is 5.32 Å². The van der Waals surface area contributed by atoms with E-state index in [4.69, 9.17) is 0 Å². The van der Waals surface area contributed by atoms with Crippen LogP contribution in [0.4, 0.5) is 19.3 Å². The number of nitrogens with zero attached hydrogens (tertiary/aromatic N) is 2. The van der Waals surface area contributed by atoms with Crippen LogP contribution in [0.25, 0.3) is 0 Å². The number of anilines is 1. The van der Waals surface area contributed by atoms with Gasteiger partial charge in [0, 0.05) is 12.1 Å². The maximum absolute atomic E-state index is 13.7. The molecule has 0 aromatic heterocycles. The van der Waals surface area contributed by atoms with Crippen molar-refractivity contribution >= 4 is 23.5 Å². The van der Waals surface area contributed by atoms with Crippen molar-refractivity contribution in [2.75, 3.05) is 11.4 Å². The zero-order valence-electron chi connectivity index (χ0n) is 16.7. The molecule has 3 aliphatic rings. The fourth-order valence-corrected chi connectivity index (χ4v) is 4.95. The fraction of sp³-hybridized carbons (Fsp3) is 0.348. The number of urea groups is 1. The van der Waals surface area contributed by atoms with Gasteiger partial charge in [-0.05, 0) is 42.5 Å². The molecule has 160 valence electrons. The molecule has 1 N–H and O–H groups in total. The number of imide groups is 1. The Morgan fingerprint density at radius 1 is 0.935 bits per heavy atom. The van der Waals surface area contributed by atoms with Crippen LogP contribution >= 0.6 is 0 Å². The molecule has 2 aliphatic heterocycles. The SMILES string of the molecule is O=C1NC2(C(=O)N1CC1CCCC1)C(=O)N(Cc1ccc(F)c(F)c1)c1ccccc12. The van der Waals surface area contributed by atoms with E-state index in [1.165, 1.54) is 11.0 Å². The summed E-state index contributed by atoms with van der Waals surface area (Å²) in [6.45, 7) is 0.242. The highest BCUT2D eigenvalue weighted by Gasteiger charge is 2.63. The summed E-state index contributed by atoms with van der Waals surface area (Å²) in [4.78, 5) is 42.3. The van der Waals surface area contributed by atoms with Gasteiger partial charge in [0.25, 0.3) is 11.8 Å². The van der Waals surface area contributed by atoms with E-state index >= 15 is 0 Å². The number of nitrogens with one attached hydrogen (secondary N) is 1. The number of amides is 4. The quantitative estimate of drug-likeness (QED) is 0.603. The first-order valence-electron chi connectivity index (χ1n) is 10.4. The van der Waals surface area contributed by atoms with Crippen molar-refractivity contribution in [3.63, 3.8) is 0 Å². The van der Waals surface area contributed by atoms with Crippen molar-refractivity contribution in [2.45, 2.75) is 37.8 Å². The zero-order valence-corrected chi connectivity index (χ0v) is 16.7. The molecular weight excluding hydrogens is 404 g/mol. The largest absolute Gasteiger partial charge is 0.325 e. The first-order chi connectivity index (χ1) is 14.9. The van der Waals surface area contributed by atoms with E-state index in [-0.39, 0.29) is 12.5 Å². The standard InChI is InChI=1S/C23H21F2N3O3/c24-17-10-9-15(11-18(17)25)13-27-19-8-4-3-7-16(19)23(20(27)29)21(30)28(22(31)26-23)12-14-5-1-2-6-14/h3-4,7-11,14H,1-2,5-6,12-13H2,(H,26,31). The molecule has 1 saturated heterocycles. The highest BCUT2D eigenvalue weighted by Crippen LogP contribution is 2.45. The van der Waals surface area contributed by atoms with Crippen LogP contribution < -0.4 is 10.2 Å². The predicted molar refractivity (Wildman–Crippen MR) is 108 cm³/mol. The molecule has 2 aromatic carbocycles. The third-order valence-corrected chi connectivity index (χ3v) is 6.51. The highest BCUT2D eigenvalue weighted by atomic mass is 19.2. The number of hydrogen-bond acceptors (Lipinski definition) is 3. The Morgan fingerprint density at radius 2 is 1.65 bits per heavy atom. The van der Waals surface area contributed by atoms with Gasteiger partial charge in [0.15, 0.2) is 11.6 Å². The Balaban J connectivity index is 1.51.